The van der Waals surface area contributed by atoms with Crippen molar-refractivity contribution >= 4 is 28.3 Å². The van der Waals surface area contributed by atoms with E-state index >= 15 is 0 Å². The van der Waals surface area contributed by atoms with Gasteiger partial charge >= 0.3 is 0 Å². The summed E-state index contributed by atoms with van der Waals surface area (Å²) < 4.78 is 6.09. The highest BCUT2D eigenvalue weighted by atomic mass is 16.3. The van der Waals surface area contributed by atoms with E-state index in [1.165, 1.54) is 6.33 Å². The Morgan fingerprint density at radius 3 is 2.66 bits per heavy atom. The minimum Gasteiger partial charge on any atom is -0.458 e. The molecular formula is C24H19N5O3. The van der Waals surface area contributed by atoms with Gasteiger partial charge in [-0.3, -0.25) is 10.2 Å². The molecule has 0 aliphatic rings. The number of aliphatic hydroxyl groups is 1. The van der Waals surface area contributed by atoms with Gasteiger partial charge in [0.1, 0.15) is 41.6 Å². The Hall–Kier alpha value is -4.48. The van der Waals surface area contributed by atoms with Crippen molar-refractivity contribution in [3.05, 3.63) is 82.5 Å². The van der Waals surface area contributed by atoms with Crippen LogP contribution in [0.25, 0.3) is 22.1 Å². The fourth-order valence-corrected chi connectivity index (χ4v) is 3.34. The third-order valence-corrected chi connectivity index (χ3v) is 4.77. The minimum atomic E-state index is -0.387. The SMILES string of the molecule is N=C(C#CCO)c1c(N)ncnc1NCc1oc2ccccc2c(=O)c1-c1ccccc1. The van der Waals surface area contributed by atoms with Gasteiger partial charge < -0.3 is 20.6 Å². The second-order valence-corrected chi connectivity index (χ2v) is 6.76. The number of nitrogens with one attached hydrogen (secondary N) is 2. The molecule has 4 rings (SSSR count). The monoisotopic (exact) mass is 425 g/mol. The fourth-order valence-electron chi connectivity index (χ4n) is 3.34. The van der Waals surface area contributed by atoms with Crippen LogP contribution >= 0.6 is 0 Å². The number of nitrogen functional groups attached to an aromatic ring is 1. The van der Waals surface area contributed by atoms with E-state index in [2.05, 4.69) is 27.1 Å². The molecule has 2 heterocycles. The molecule has 0 saturated heterocycles. The summed E-state index contributed by atoms with van der Waals surface area (Å²) in [7, 11) is 0. The predicted octanol–water partition coefficient (Wildman–Crippen LogP) is 2.81. The van der Waals surface area contributed by atoms with Gasteiger partial charge in [0.2, 0.25) is 5.43 Å². The lowest BCUT2D eigenvalue weighted by atomic mass is 10.0. The molecule has 0 unspecified atom stereocenters. The summed E-state index contributed by atoms with van der Waals surface area (Å²) in [5.41, 5.74) is 7.52. The Morgan fingerprint density at radius 2 is 1.88 bits per heavy atom. The van der Waals surface area contributed by atoms with Gasteiger partial charge in [0.15, 0.2) is 0 Å². The van der Waals surface area contributed by atoms with Crippen LogP contribution in [0.2, 0.25) is 0 Å². The third-order valence-electron chi connectivity index (χ3n) is 4.77. The molecule has 0 radical (unpaired) electrons. The molecule has 0 aliphatic carbocycles. The Bertz CT molecular complexity index is 1420. The molecule has 32 heavy (non-hydrogen) atoms. The lowest BCUT2D eigenvalue weighted by Gasteiger charge is -2.14. The first-order valence-corrected chi connectivity index (χ1v) is 9.73. The van der Waals surface area contributed by atoms with E-state index in [0.29, 0.717) is 22.3 Å². The van der Waals surface area contributed by atoms with Crippen LogP contribution in [0.5, 0.6) is 0 Å². The Kier molecular flexibility index (Phi) is 5.92. The molecule has 5 N–H and O–H groups in total. The summed E-state index contributed by atoms with van der Waals surface area (Å²) in [6.07, 6.45) is 1.27. The lowest BCUT2D eigenvalue weighted by Crippen LogP contribution is -2.15. The predicted molar refractivity (Wildman–Crippen MR) is 123 cm³/mol. The van der Waals surface area contributed by atoms with Crippen molar-refractivity contribution in [2.45, 2.75) is 6.54 Å². The number of fused-ring (bicyclic) bond motifs is 1. The maximum Gasteiger partial charge on any atom is 0.200 e. The van der Waals surface area contributed by atoms with Crippen LogP contribution in [0.15, 0.2) is 70.1 Å². The van der Waals surface area contributed by atoms with Crippen LogP contribution in [0.1, 0.15) is 11.3 Å². The molecule has 0 aliphatic heterocycles. The summed E-state index contributed by atoms with van der Waals surface area (Å²) in [6.45, 7) is -0.282. The largest absolute Gasteiger partial charge is 0.458 e. The Labute approximate surface area is 183 Å². The van der Waals surface area contributed by atoms with Crippen molar-refractivity contribution in [1.82, 2.24) is 9.97 Å². The molecule has 2 aromatic heterocycles. The van der Waals surface area contributed by atoms with Gasteiger partial charge in [-0.25, -0.2) is 9.97 Å². The molecule has 0 saturated carbocycles. The van der Waals surface area contributed by atoms with Crippen molar-refractivity contribution in [3.8, 4) is 23.0 Å². The second-order valence-electron chi connectivity index (χ2n) is 6.76. The van der Waals surface area contributed by atoms with Crippen LogP contribution in [0.4, 0.5) is 11.6 Å². The zero-order chi connectivity index (χ0) is 22.5. The molecule has 4 aromatic rings. The van der Waals surface area contributed by atoms with Crippen LogP contribution < -0.4 is 16.5 Å². The van der Waals surface area contributed by atoms with Gasteiger partial charge in [-0.2, -0.15) is 0 Å². The smallest absolute Gasteiger partial charge is 0.200 e. The van der Waals surface area contributed by atoms with Crippen molar-refractivity contribution < 1.29 is 9.52 Å². The molecule has 0 spiro atoms. The van der Waals surface area contributed by atoms with Crippen LogP contribution in [-0.4, -0.2) is 27.4 Å². The first kappa shape index (κ1) is 20.8. The number of para-hydroxylation sites is 1. The molecule has 2 aromatic carbocycles. The number of anilines is 2. The van der Waals surface area contributed by atoms with Crippen molar-refractivity contribution in [2.75, 3.05) is 17.7 Å². The number of aliphatic hydroxyl groups excluding tert-OH is 1. The van der Waals surface area contributed by atoms with E-state index in [1.807, 2.05) is 30.3 Å². The molecule has 8 nitrogen and oxygen atoms in total. The van der Waals surface area contributed by atoms with E-state index in [4.69, 9.17) is 20.7 Å². The van der Waals surface area contributed by atoms with Gasteiger partial charge in [0, 0.05) is 0 Å². The number of nitrogens with zero attached hydrogens (tertiary/aromatic N) is 2. The highest BCUT2D eigenvalue weighted by Gasteiger charge is 2.18. The van der Waals surface area contributed by atoms with Gasteiger partial charge in [0.05, 0.1) is 23.1 Å². The van der Waals surface area contributed by atoms with E-state index < -0.39 is 0 Å². The quantitative estimate of drug-likeness (QED) is 0.285. The second kappa shape index (κ2) is 9.12. The molecule has 0 bridgehead atoms. The Balaban J connectivity index is 1.79. The average molecular weight is 425 g/mol. The van der Waals surface area contributed by atoms with E-state index in [0.717, 1.165) is 5.56 Å². The number of hydrogen-bond acceptors (Lipinski definition) is 8. The zero-order valence-electron chi connectivity index (χ0n) is 16.9. The van der Waals surface area contributed by atoms with Crippen LogP contribution in [0.3, 0.4) is 0 Å². The number of aromatic nitrogens is 2. The summed E-state index contributed by atoms with van der Waals surface area (Å²) in [6, 6.07) is 16.3. The number of rotatable bonds is 5. The average Bonchev–Trinajstić information content (AvgIpc) is 2.82. The first-order chi connectivity index (χ1) is 15.6. The number of nitrogens with two attached hydrogens (primary N) is 1. The highest BCUT2D eigenvalue weighted by Crippen LogP contribution is 2.26. The molecule has 0 amide bonds. The standard InChI is InChI=1S/C24H19N5O3/c25-17(10-6-12-30)21-23(26)28-14-29-24(21)27-13-19-20(15-7-2-1-3-8-15)22(31)16-9-4-5-11-18(16)32-19/h1-5,7-9,11,14,25,30H,12-13H2,(H3,26,27,28,29). The van der Waals surface area contributed by atoms with Crippen LogP contribution in [0, 0.1) is 17.3 Å². The number of hydrogen-bond donors (Lipinski definition) is 4. The maximum atomic E-state index is 13.3. The lowest BCUT2D eigenvalue weighted by molar-refractivity contribution is 0.350. The highest BCUT2D eigenvalue weighted by molar-refractivity contribution is 6.16. The normalized spacial score (nSPS) is 10.4. The molecular weight excluding hydrogens is 406 g/mol. The maximum absolute atomic E-state index is 13.3. The minimum absolute atomic E-state index is 0.0722. The van der Waals surface area contributed by atoms with E-state index in [9.17, 15) is 4.79 Å². The number of benzene rings is 2. The first-order valence-electron chi connectivity index (χ1n) is 9.73. The third kappa shape index (κ3) is 4.05. The van der Waals surface area contributed by atoms with Crippen molar-refractivity contribution in [2.24, 2.45) is 0 Å². The fraction of sp³-hybridized carbons (Fsp3) is 0.0833. The molecule has 158 valence electrons. The summed E-state index contributed by atoms with van der Waals surface area (Å²) in [4.78, 5) is 21.4. The van der Waals surface area contributed by atoms with Crippen molar-refractivity contribution in [3.63, 3.8) is 0 Å². The van der Waals surface area contributed by atoms with Gasteiger partial charge in [-0.15, -0.1) is 0 Å². The molecule has 8 heteroatoms. The summed E-state index contributed by atoms with van der Waals surface area (Å²) in [5.74, 6) is 5.68. The van der Waals surface area contributed by atoms with Gasteiger partial charge in [0.25, 0.3) is 0 Å². The van der Waals surface area contributed by atoms with E-state index in [-0.39, 0.29) is 41.5 Å². The van der Waals surface area contributed by atoms with E-state index in [1.54, 1.807) is 24.3 Å². The van der Waals surface area contributed by atoms with Gasteiger partial charge in [-0.05, 0) is 23.6 Å². The Morgan fingerprint density at radius 1 is 1.12 bits per heavy atom. The summed E-state index contributed by atoms with van der Waals surface area (Å²) in [5, 5.41) is 20.7. The van der Waals surface area contributed by atoms with Crippen molar-refractivity contribution in [1.29, 1.82) is 5.41 Å². The zero-order valence-corrected chi connectivity index (χ0v) is 16.9. The van der Waals surface area contributed by atoms with Crippen LogP contribution in [-0.2, 0) is 6.54 Å². The summed E-state index contributed by atoms with van der Waals surface area (Å²) >= 11 is 0. The van der Waals surface area contributed by atoms with Gasteiger partial charge in [-0.1, -0.05) is 48.4 Å². The topological polar surface area (TPSA) is 138 Å². The molecule has 0 fully saturated rings. The molecule has 0 atom stereocenters.